The first-order chi connectivity index (χ1) is 27.8. The predicted molar refractivity (Wildman–Crippen MR) is 232 cm³/mol. The van der Waals surface area contributed by atoms with Crippen molar-refractivity contribution in [2.75, 3.05) is 13.2 Å². The van der Waals surface area contributed by atoms with Crippen LogP contribution in [0.2, 0.25) is 0 Å². The standard InChI is InChI=1S/C47H85NO9/c1-3-5-7-9-11-13-15-17-18-19-20-21-22-24-26-28-30-32-34-36-41(51)46(55)48-39(38-56-47-45(54)44(53)43(52)42(37-49)57-47)40(50)35-33-31-29-27-25-23-16-14-12-10-8-6-4-2/h16-18,23,25,27,33,35,39-45,47,49-54H,3-15,19-22,24,26,28-32,34,36-38H2,1-2H3,(H,48,55)/b18-17-,23-16+,27-25+,35-33+/t39?,40-,41-,42?,43-,44?,45?,47-/m1/s1. The lowest BCUT2D eigenvalue weighted by molar-refractivity contribution is -0.302. The number of aliphatic hydroxyl groups is 6. The van der Waals surface area contributed by atoms with Crippen molar-refractivity contribution in [1.82, 2.24) is 5.32 Å². The Morgan fingerprint density at radius 1 is 0.614 bits per heavy atom. The molecule has 332 valence electrons. The molecule has 1 fully saturated rings. The van der Waals surface area contributed by atoms with Gasteiger partial charge in [0.1, 0.15) is 30.5 Å². The summed E-state index contributed by atoms with van der Waals surface area (Å²) in [5, 5.41) is 64.5. The Labute approximate surface area is 346 Å². The molecular weight excluding hydrogens is 723 g/mol. The van der Waals surface area contributed by atoms with Crippen molar-refractivity contribution in [1.29, 1.82) is 0 Å². The molecule has 0 aromatic carbocycles. The first kappa shape index (κ1) is 53.1. The Morgan fingerprint density at radius 3 is 1.63 bits per heavy atom. The number of unbranched alkanes of at least 4 members (excludes halogenated alkanes) is 21. The zero-order valence-corrected chi connectivity index (χ0v) is 35.9. The van der Waals surface area contributed by atoms with E-state index in [-0.39, 0.29) is 6.61 Å². The molecule has 0 aliphatic carbocycles. The highest BCUT2D eigenvalue weighted by Gasteiger charge is 2.44. The number of aliphatic hydroxyl groups excluding tert-OH is 6. The summed E-state index contributed by atoms with van der Waals surface area (Å²) in [5.41, 5.74) is 0. The summed E-state index contributed by atoms with van der Waals surface area (Å²) in [6, 6.07) is -1.01. The number of nitrogens with one attached hydrogen (secondary N) is 1. The highest BCUT2D eigenvalue weighted by molar-refractivity contribution is 5.80. The Hall–Kier alpha value is -1.89. The molecule has 10 heteroatoms. The van der Waals surface area contributed by atoms with Crippen molar-refractivity contribution >= 4 is 5.91 Å². The molecule has 10 nitrogen and oxygen atoms in total. The van der Waals surface area contributed by atoms with E-state index >= 15 is 0 Å². The molecule has 1 amide bonds. The largest absolute Gasteiger partial charge is 0.394 e. The molecule has 0 spiro atoms. The van der Waals surface area contributed by atoms with Crippen LogP contribution in [0, 0.1) is 0 Å². The van der Waals surface area contributed by atoms with Gasteiger partial charge in [-0.1, -0.05) is 172 Å². The van der Waals surface area contributed by atoms with E-state index in [1.165, 1.54) is 116 Å². The van der Waals surface area contributed by atoms with Gasteiger partial charge in [0, 0.05) is 0 Å². The van der Waals surface area contributed by atoms with Gasteiger partial charge in [-0.15, -0.1) is 0 Å². The van der Waals surface area contributed by atoms with E-state index in [0.717, 1.165) is 32.1 Å². The Kier molecular flexibility index (Phi) is 34.6. The smallest absolute Gasteiger partial charge is 0.249 e. The van der Waals surface area contributed by atoms with Crippen molar-refractivity contribution in [2.24, 2.45) is 0 Å². The molecule has 8 atom stereocenters. The zero-order valence-electron chi connectivity index (χ0n) is 35.9. The van der Waals surface area contributed by atoms with Crippen molar-refractivity contribution in [3.63, 3.8) is 0 Å². The van der Waals surface area contributed by atoms with Crippen LogP contribution in [0.3, 0.4) is 0 Å². The molecule has 1 saturated heterocycles. The maximum atomic E-state index is 13.0. The lowest BCUT2D eigenvalue weighted by Gasteiger charge is -2.40. The maximum absolute atomic E-state index is 13.0. The normalized spacial score (nSPS) is 22.0. The fraction of sp³-hybridized carbons (Fsp3) is 0.809. The Balaban J connectivity index is 2.43. The molecule has 0 aromatic rings. The second-order valence-corrected chi connectivity index (χ2v) is 16.0. The van der Waals surface area contributed by atoms with E-state index in [9.17, 15) is 35.4 Å². The van der Waals surface area contributed by atoms with Crippen LogP contribution in [-0.4, -0.2) is 98.7 Å². The van der Waals surface area contributed by atoms with Gasteiger partial charge in [0.2, 0.25) is 5.91 Å². The van der Waals surface area contributed by atoms with Crippen LogP contribution in [-0.2, 0) is 14.3 Å². The molecule has 7 N–H and O–H groups in total. The third-order valence-electron chi connectivity index (χ3n) is 10.8. The minimum atomic E-state index is -1.62. The second kappa shape index (κ2) is 37.1. The van der Waals surface area contributed by atoms with Crippen LogP contribution in [0.5, 0.6) is 0 Å². The van der Waals surface area contributed by atoms with E-state index in [2.05, 4.69) is 49.5 Å². The van der Waals surface area contributed by atoms with Crippen LogP contribution in [0.1, 0.15) is 181 Å². The number of rotatable bonds is 37. The summed E-state index contributed by atoms with van der Waals surface area (Å²) in [6.07, 6.45) is 36.3. The van der Waals surface area contributed by atoms with Crippen molar-refractivity contribution in [3.05, 3.63) is 48.6 Å². The SMILES string of the molecule is CCCCCCC/C=C/C=C/CC/C=C/[C@@H](O)C(CO[C@@H]1OC(CO)[C@@H](O)C(O)C1O)NC(=O)[C@H](O)CCCCCCCCCCC/C=C\CCCCCCCC. The molecule has 1 rings (SSSR count). The Bertz CT molecular complexity index is 1050. The summed E-state index contributed by atoms with van der Waals surface area (Å²) in [4.78, 5) is 13.0. The minimum Gasteiger partial charge on any atom is -0.394 e. The molecule has 0 radical (unpaired) electrons. The lowest BCUT2D eigenvalue weighted by atomic mass is 9.99. The second-order valence-electron chi connectivity index (χ2n) is 16.0. The number of allylic oxidation sites excluding steroid dienone is 7. The molecule has 4 unspecified atom stereocenters. The van der Waals surface area contributed by atoms with Crippen LogP contribution < -0.4 is 5.32 Å². The first-order valence-corrected chi connectivity index (χ1v) is 23.0. The maximum Gasteiger partial charge on any atom is 0.249 e. The van der Waals surface area contributed by atoms with Gasteiger partial charge in [0.25, 0.3) is 0 Å². The van der Waals surface area contributed by atoms with E-state index in [1.54, 1.807) is 6.08 Å². The number of amides is 1. The van der Waals surface area contributed by atoms with E-state index in [1.807, 2.05) is 12.2 Å². The number of hydrogen-bond acceptors (Lipinski definition) is 9. The average Bonchev–Trinajstić information content (AvgIpc) is 3.21. The highest BCUT2D eigenvalue weighted by Crippen LogP contribution is 2.22. The minimum absolute atomic E-state index is 0.296. The fourth-order valence-corrected chi connectivity index (χ4v) is 6.93. The van der Waals surface area contributed by atoms with Crippen molar-refractivity contribution in [2.45, 2.75) is 230 Å². The molecule has 1 aliphatic heterocycles. The van der Waals surface area contributed by atoms with E-state index < -0.39 is 61.5 Å². The number of carbonyl (C=O) groups is 1. The molecule has 1 heterocycles. The summed E-state index contributed by atoms with van der Waals surface area (Å²) in [5.74, 6) is -0.637. The van der Waals surface area contributed by atoms with Crippen molar-refractivity contribution in [3.8, 4) is 0 Å². The lowest BCUT2D eigenvalue weighted by Crippen LogP contribution is -2.60. The van der Waals surface area contributed by atoms with Crippen molar-refractivity contribution < 1.29 is 44.9 Å². The third-order valence-corrected chi connectivity index (χ3v) is 10.8. The Morgan fingerprint density at radius 2 is 1.09 bits per heavy atom. The molecule has 0 bridgehead atoms. The van der Waals surface area contributed by atoms with Gasteiger partial charge < -0.3 is 45.4 Å². The monoisotopic (exact) mass is 808 g/mol. The van der Waals surface area contributed by atoms with Crippen LogP contribution >= 0.6 is 0 Å². The molecule has 0 saturated carbocycles. The summed E-state index contributed by atoms with van der Waals surface area (Å²) in [6.45, 7) is 3.54. The number of carbonyl (C=O) groups excluding carboxylic acids is 1. The van der Waals surface area contributed by atoms with Gasteiger partial charge in [0.05, 0.1) is 25.4 Å². The quantitative estimate of drug-likeness (QED) is 0.0185. The van der Waals surface area contributed by atoms with Gasteiger partial charge in [-0.05, 0) is 57.8 Å². The zero-order chi connectivity index (χ0) is 41.8. The van der Waals surface area contributed by atoms with Gasteiger partial charge in [-0.25, -0.2) is 0 Å². The van der Waals surface area contributed by atoms with Crippen LogP contribution in [0.15, 0.2) is 48.6 Å². The summed E-state index contributed by atoms with van der Waals surface area (Å²) in [7, 11) is 0. The van der Waals surface area contributed by atoms with E-state index in [4.69, 9.17) is 9.47 Å². The molecule has 57 heavy (non-hydrogen) atoms. The van der Waals surface area contributed by atoms with Crippen LogP contribution in [0.4, 0.5) is 0 Å². The van der Waals surface area contributed by atoms with Gasteiger partial charge in [-0.2, -0.15) is 0 Å². The average molecular weight is 808 g/mol. The number of hydrogen-bond donors (Lipinski definition) is 7. The van der Waals surface area contributed by atoms with Gasteiger partial charge >= 0.3 is 0 Å². The molecule has 1 aliphatic rings. The predicted octanol–water partition coefficient (Wildman–Crippen LogP) is 8.42. The summed E-state index contributed by atoms with van der Waals surface area (Å²) >= 11 is 0. The first-order valence-electron chi connectivity index (χ1n) is 23.0. The fourth-order valence-electron chi connectivity index (χ4n) is 6.93. The topological polar surface area (TPSA) is 169 Å². The van der Waals surface area contributed by atoms with Gasteiger partial charge in [-0.3, -0.25) is 4.79 Å². The van der Waals surface area contributed by atoms with Gasteiger partial charge in [0.15, 0.2) is 6.29 Å². The molecule has 0 aromatic heterocycles. The third kappa shape index (κ3) is 27.5. The number of ether oxygens (including phenoxy) is 2. The molecular formula is C47H85NO9. The highest BCUT2D eigenvalue weighted by atomic mass is 16.7. The van der Waals surface area contributed by atoms with E-state index in [0.29, 0.717) is 19.3 Å². The summed E-state index contributed by atoms with van der Waals surface area (Å²) < 4.78 is 11.1. The van der Waals surface area contributed by atoms with Crippen LogP contribution in [0.25, 0.3) is 0 Å².